The highest BCUT2D eigenvalue weighted by atomic mass is 32.2. The molecule has 0 radical (unpaired) electrons. The van der Waals surface area contributed by atoms with Crippen LogP contribution in [0.25, 0.3) is 0 Å². The van der Waals surface area contributed by atoms with Gasteiger partial charge in [-0.1, -0.05) is 19.1 Å². The molecule has 2 atom stereocenters. The van der Waals surface area contributed by atoms with Crippen LogP contribution in [-0.4, -0.2) is 42.1 Å². The largest absolute Gasteiger partial charge is 0.295 e. The lowest BCUT2D eigenvalue weighted by Crippen LogP contribution is -2.47. The van der Waals surface area contributed by atoms with Gasteiger partial charge in [0, 0.05) is 29.2 Å². The first kappa shape index (κ1) is 15.5. The van der Waals surface area contributed by atoms with Crippen molar-refractivity contribution in [1.82, 2.24) is 4.31 Å². The van der Waals surface area contributed by atoms with E-state index < -0.39 is 10.0 Å². The molecule has 0 saturated carbocycles. The molecule has 1 aromatic rings. The van der Waals surface area contributed by atoms with Crippen molar-refractivity contribution < 1.29 is 13.2 Å². The van der Waals surface area contributed by atoms with Gasteiger partial charge >= 0.3 is 0 Å². The number of rotatable bonds is 3. The number of hydrogen-bond acceptors (Lipinski definition) is 4. The summed E-state index contributed by atoms with van der Waals surface area (Å²) in [7, 11) is -3.53. The van der Waals surface area contributed by atoms with Gasteiger partial charge in [-0.25, -0.2) is 8.42 Å². The van der Waals surface area contributed by atoms with E-state index in [0.29, 0.717) is 12.1 Å². The zero-order valence-electron chi connectivity index (χ0n) is 11.9. The molecule has 0 aliphatic carbocycles. The molecule has 0 spiro atoms. The Labute approximate surface area is 124 Å². The van der Waals surface area contributed by atoms with E-state index in [-0.39, 0.29) is 22.0 Å². The summed E-state index contributed by atoms with van der Waals surface area (Å²) in [4.78, 5) is 11.6. The van der Waals surface area contributed by atoms with Crippen molar-refractivity contribution in [1.29, 1.82) is 0 Å². The van der Waals surface area contributed by atoms with Crippen LogP contribution in [0.1, 0.15) is 31.1 Å². The number of benzene rings is 1. The average molecular weight is 313 g/mol. The van der Waals surface area contributed by atoms with Crippen LogP contribution >= 0.6 is 11.8 Å². The van der Waals surface area contributed by atoms with Gasteiger partial charge in [0.05, 0.1) is 4.90 Å². The Morgan fingerprint density at radius 1 is 1.35 bits per heavy atom. The van der Waals surface area contributed by atoms with Crippen LogP contribution in [0.3, 0.4) is 0 Å². The second-order valence-corrected chi connectivity index (χ2v) is 8.39. The van der Waals surface area contributed by atoms with Gasteiger partial charge < -0.3 is 0 Å². The van der Waals surface area contributed by atoms with Gasteiger partial charge in [-0.3, -0.25) is 4.79 Å². The van der Waals surface area contributed by atoms with Gasteiger partial charge in [-0.2, -0.15) is 16.1 Å². The summed E-state index contributed by atoms with van der Waals surface area (Å²) >= 11 is 1.79. The van der Waals surface area contributed by atoms with Crippen LogP contribution in [0.5, 0.6) is 0 Å². The van der Waals surface area contributed by atoms with E-state index in [0.717, 1.165) is 5.75 Å². The number of Topliss-reactive ketones (excluding diaryl/α,β-unsaturated/α-hetero) is 1. The first-order valence-corrected chi connectivity index (χ1v) is 9.07. The zero-order valence-corrected chi connectivity index (χ0v) is 13.5. The first-order chi connectivity index (χ1) is 9.34. The molecule has 1 aromatic carbocycles. The highest BCUT2D eigenvalue weighted by molar-refractivity contribution is 8.00. The van der Waals surface area contributed by atoms with Crippen molar-refractivity contribution >= 4 is 27.6 Å². The van der Waals surface area contributed by atoms with Gasteiger partial charge in [-0.15, -0.1) is 0 Å². The lowest BCUT2D eigenvalue weighted by atomic mass is 10.2. The quantitative estimate of drug-likeness (QED) is 0.804. The van der Waals surface area contributed by atoms with Gasteiger partial charge in [-0.05, 0) is 26.0 Å². The van der Waals surface area contributed by atoms with Gasteiger partial charge in [0.25, 0.3) is 0 Å². The summed E-state index contributed by atoms with van der Waals surface area (Å²) < 4.78 is 27.0. The molecule has 1 fully saturated rings. The summed E-state index contributed by atoms with van der Waals surface area (Å²) in [5, 5.41) is 0.273. The van der Waals surface area contributed by atoms with Crippen LogP contribution in [0.4, 0.5) is 0 Å². The predicted octanol–water partition coefficient (Wildman–Crippen LogP) is 2.40. The summed E-state index contributed by atoms with van der Waals surface area (Å²) in [5.74, 6) is 0.676. The van der Waals surface area contributed by atoms with E-state index in [1.807, 2.05) is 13.8 Å². The highest BCUT2D eigenvalue weighted by Gasteiger charge is 2.34. The van der Waals surface area contributed by atoms with Crippen molar-refractivity contribution in [2.45, 2.75) is 37.0 Å². The summed E-state index contributed by atoms with van der Waals surface area (Å²) in [6, 6.07) is 6.24. The molecule has 0 bridgehead atoms. The number of nitrogens with zero attached hydrogens (tertiary/aromatic N) is 1. The molecule has 0 aromatic heterocycles. The molecule has 2 unspecified atom stereocenters. The molecular formula is C14H19NO3S2. The number of ketones is 1. The Morgan fingerprint density at radius 3 is 2.70 bits per heavy atom. The summed E-state index contributed by atoms with van der Waals surface area (Å²) in [5.41, 5.74) is 0.429. The highest BCUT2D eigenvalue weighted by Crippen LogP contribution is 2.29. The Kier molecular flexibility index (Phi) is 4.56. The number of sulfonamides is 1. The molecular weight excluding hydrogens is 294 g/mol. The van der Waals surface area contributed by atoms with E-state index in [2.05, 4.69) is 0 Å². The van der Waals surface area contributed by atoms with Crippen LogP contribution in [0, 0.1) is 0 Å². The molecule has 0 amide bonds. The lowest BCUT2D eigenvalue weighted by molar-refractivity contribution is 0.101. The van der Waals surface area contributed by atoms with E-state index in [4.69, 9.17) is 0 Å². The van der Waals surface area contributed by atoms with Crippen molar-refractivity contribution in [3.63, 3.8) is 0 Å². The Bertz CT molecular complexity index is 613. The van der Waals surface area contributed by atoms with E-state index in [9.17, 15) is 13.2 Å². The normalized spacial score (nSPS) is 24.6. The van der Waals surface area contributed by atoms with Gasteiger partial charge in [0.15, 0.2) is 5.78 Å². The Hall–Kier alpha value is -0.850. The molecule has 1 saturated heterocycles. The van der Waals surface area contributed by atoms with Crippen LogP contribution in [0.15, 0.2) is 29.2 Å². The third-order valence-corrected chi connectivity index (χ3v) is 6.99. The standard InChI is InChI=1S/C14H19NO3S2/c1-10-12(3)19-8-7-15(10)20(17,18)14-6-4-5-13(9-14)11(2)16/h4-6,9-10,12H,7-8H2,1-3H3. The zero-order chi connectivity index (χ0) is 14.9. The minimum absolute atomic E-state index is 0.0419. The van der Waals surface area contributed by atoms with Crippen molar-refractivity contribution in [2.75, 3.05) is 12.3 Å². The number of thioether (sulfide) groups is 1. The molecule has 2 rings (SSSR count). The smallest absolute Gasteiger partial charge is 0.243 e. The summed E-state index contributed by atoms with van der Waals surface area (Å²) in [6.07, 6.45) is 0. The minimum atomic E-state index is -3.53. The number of carbonyl (C=O) groups excluding carboxylic acids is 1. The fourth-order valence-electron chi connectivity index (χ4n) is 2.26. The van der Waals surface area contributed by atoms with E-state index in [1.54, 1.807) is 34.3 Å². The van der Waals surface area contributed by atoms with Crippen molar-refractivity contribution in [3.8, 4) is 0 Å². The topological polar surface area (TPSA) is 54.5 Å². The number of carbonyl (C=O) groups is 1. The van der Waals surface area contributed by atoms with Gasteiger partial charge in [0.1, 0.15) is 0 Å². The van der Waals surface area contributed by atoms with Crippen LogP contribution in [-0.2, 0) is 10.0 Å². The third kappa shape index (κ3) is 2.92. The van der Waals surface area contributed by atoms with Gasteiger partial charge in [0.2, 0.25) is 10.0 Å². The van der Waals surface area contributed by atoms with Crippen molar-refractivity contribution in [3.05, 3.63) is 29.8 Å². The van der Waals surface area contributed by atoms with Crippen LogP contribution in [0.2, 0.25) is 0 Å². The molecule has 1 aliphatic heterocycles. The maximum Gasteiger partial charge on any atom is 0.243 e. The van der Waals surface area contributed by atoms with Crippen LogP contribution < -0.4 is 0 Å². The molecule has 110 valence electrons. The predicted molar refractivity (Wildman–Crippen MR) is 81.7 cm³/mol. The molecule has 0 N–H and O–H groups in total. The fourth-order valence-corrected chi connectivity index (χ4v) is 5.30. The minimum Gasteiger partial charge on any atom is -0.295 e. The monoisotopic (exact) mass is 313 g/mol. The second-order valence-electron chi connectivity index (χ2n) is 5.02. The second kappa shape index (κ2) is 5.87. The lowest BCUT2D eigenvalue weighted by Gasteiger charge is -2.36. The summed E-state index contributed by atoms with van der Waals surface area (Å²) in [6.45, 7) is 5.93. The Balaban J connectivity index is 2.39. The van der Waals surface area contributed by atoms with Crippen molar-refractivity contribution in [2.24, 2.45) is 0 Å². The molecule has 1 aliphatic rings. The maximum atomic E-state index is 12.7. The SMILES string of the molecule is CC(=O)c1cccc(S(=O)(=O)N2CCSC(C)C2C)c1. The molecule has 4 nitrogen and oxygen atoms in total. The molecule has 1 heterocycles. The fraction of sp³-hybridized carbons (Fsp3) is 0.500. The molecule has 20 heavy (non-hydrogen) atoms. The molecule has 6 heteroatoms. The average Bonchev–Trinajstić information content (AvgIpc) is 2.41. The number of hydrogen-bond donors (Lipinski definition) is 0. The first-order valence-electron chi connectivity index (χ1n) is 6.58. The Morgan fingerprint density at radius 2 is 2.05 bits per heavy atom. The maximum absolute atomic E-state index is 12.7. The third-order valence-electron chi connectivity index (χ3n) is 3.67. The van der Waals surface area contributed by atoms with E-state index >= 15 is 0 Å². The van der Waals surface area contributed by atoms with E-state index in [1.165, 1.54) is 13.0 Å².